The first-order valence-corrected chi connectivity index (χ1v) is 8.33. The fraction of sp³-hybridized carbons (Fsp3) is 0.0625. The van der Waals surface area contributed by atoms with E-state index in [9.17, 15) is 19.7 Å². The van der Waals surface area contributed by atoms with Crippen LogP contribution in [0.1, 0.15) is 10.4 Å². The maximum atomic E-state index is 11.9. The lowest BCUT2D eigenvalue weighted by Crippen LogP contribution is -2.42. The fourth-order valence-electron chi connectivity index (χ4n) is 2.04. The summed E-state index contributed by atoms with van der Waals surface area (Å²) < 4.78 is 5.47. The Morgan fingerprint density at radius 1 is 1.15 bits per heavy atom. The molecule has 0 aliphatic heterocycles. The summed E-state index contributed by atoms with van der Waals surface area (Å²) in [7, 11) is 0. The van der Waals surface area contributed by atoms with Crippen molar-refractivity contribution >= 4 is 40.4 Å². The van der Waals surface area contributed by atoms with Gasteiger partial charge in [-0.05, 0) is 18.2 Å². The lowest BCUT2D eigenvalue weighted by atomic mass is 10.2. The second kappa shape index (κ2) is 7.66. The summed E-state index contributed by atoms with van der Waals surface area (Å²) in [5.74, 6) is -1.16. The number of rotatable bonds is 5. The Labute approximate surface area is 150 Å². The highest BCUT2D eigenvalue weighted by Crippen LogP contribution is 2.22. The Morgan fingerprint density at radius 2 is 1.96 bits per heavy atom. The van der Waals surface area contributed by atoms with Gasteiger partial charge >= 0.3 is 0 Å². The number of amides is 2. The zero-order valence-corrected chi connectivity index (χ0v) is 14.0. The van der Waals surface area contributed by atoms with Crippen LogP contribution >= 0.6 is 11.8 Å². The van der Waals surface area contributed by atoms with E-state index in [4.69, 9.17) is 4.42 Å². The third kappa shape index (κ3) is 4.16. The highest BCUT2D eigenvalue weighted by atomic mass is 32.2. The Balaban J connectivity index is 1.51. The van der Waals surface area contributed by atoms with Crippen LogP contribution in [0.4, 0.5) is 5.69 Å². The Bertz CT molecular complexity index is 954. The smallest absolute Gasteiger partial charge is 0.270 e. The van der Waals surface area contributed by atoms with Crippen LogP contribution in [-0.2, 0) is 4.79 Å². The molecule has 0 spiro atoms. The monoisotopic (exact) mass is 372 g/mol. The number of para-hydroxylation sites is 2. The van der Waals surface area contributed by atoms with E-state index in [0.29, 0.717) is 16.3 Å². The van der Waals surface area contributed by atoms with Gasteiger partial charge in [0.05, 0.1) is 10.7 Å². The molecule has 9 nitrogen and oxygen atoms in total. The number of hydrogen-bond acceptors (Lipinski definition) is 7. The first-order chi connectivity index (χ1) is 12.5. The number of nitrogens with one attached hydrogen (secondary N) is 2. The summed E-state index contributed by atoms with van der Waals surface area (Å²) in [6.45, 7) is 0. The van der Waals surface area contributed by atoms with Crippen molar-refractivity contribution in [3.63, 3.8) is 0 Å². The van der Waals surface area contributed by atoms with Gasteiger partial charge in [-0.1, -0.05) is 30.0 Å². The zero-order valence-electron chi connectivity index (χ0n) is 13.2. The summed E-state index contributed by atoms with van der Waals surface area (Å²) in [4.78, 5) is 38.1. The number of benzene rings is 2. The second-order valence-corrected chi connectivity index (χ2v) is 5.97. The number of carbonyl (C=O) groups excluding carboxylic acids is 2. The third-order valence-corrected chi connectivity index (χ3v) is 4.06. The van der Waals surface area contributed by atoms with Crippen molar-refractivity contribution in [3.05, 3.63) is 64.2 Å². The number of carbonyl (C=O) groups is 2. The molecule has 26 heavy (non-hydrogen) atoms. The average Bonchev–Trinajstić information content (AvgIpc) is 3.07. The fourth-order valence-corrected chi connectivity index (χ4v) is 2.67. The van der Waals surface area contributed by atoms with E-state index < -0.39 is 16.7 Å². The third-order valence-electron chi connectivity index (χ3n) is 3.24. The molecule has 0 unspecified atom stereocenters. The zero-order chi connectivity index (χ0) is 18.5. The maximum absolute atomic E-state index is 11.9. The number of nitrogens with zero attached hydrogens (tertiary/aromatic N) is 2. The first-order valence-electron chi connectivity index (χ1n) is 7.35. The molecule has 0 fully saturated rings. The Hall–Kier alpha value is -3.40. The maximum Gasteiger partial charge on any atom is 0.270 e. The van der Waals surface area contributed by atoms with Gasteiger partial charge in [0.2, 0.25) is 5.91 Å². The van der Waals surface area contributed by atoms with Crippen molar-refractivity contribution in [2.24, 2.45) is 0 Å². The predicted octanol–water partition coefficient (Wildman–Crippen LogP) is 2.29. The molecule has 0 aliphatic rings. The summed E-state index contributed by atoms with van der Waals surface area (Å²) in [5, 5.41) is 11.1. The van der Waals surface area contributed by atoms with Crippen molar-refractivity contribution < 1.29 is 18.9 Å². The number of hydrazine groups is 1. The molecule has 0 bridgehead atoms. The van der Waals surface area contributed by atoms with Crippen molar-refractivity contribution in [1.29, 1.82) is 0 Å². The van der Waals surface area contributed by atoms with Crippen LogP contribution in [0.2, 0.25) is 0 Å². The van der Waals surface area contributed by atoms with Crippen LogP contribution < -0.4 is 10.9 Å². The van der Waals surface area contributed by atoms with E-state index in [1.807, 2.05) is 12.1 Å². The van der Waals surface area contributed by atoms with Crippen LogP contribution in [0, 0.1) is 10.1 Å². The van der Waals surface area contributed by atoms with Crippen molar-refractivity contribution in [2.75, 3.05) is 5.75 Å². The number of nitro benzene ring substituents is 1. The van der Waals surface area contributed by atoms with Gasteiger partial charge in [-0.2, -0.15) is 0 Å². The number of nitro groups is 1. The summed E-state index contributed by atoms with van der Waals surface area (Å²) >= 11 is 1.08. The number of oxazole rings is 1. The van der Waals surface area contributed by atoms with Gasteiger partial charge in [-0.15, -0.1) is 0 Å². The topological polar surface area (TPSA) is 127 Å². The van der Waals surface area contributed by atoms with Gasteiger partial charge in [0.1, 0.15) is 5.52 Å². The molecule has 132 valence electrons. The highest BCUT2D eigenvalue weighted by Gasteiger charge is 2.13. The van der Waals surface area contributed by atoms with Crippen LogP contribution in [-0.4, -0.2) is 27.5 Å². The molecule has 0 atom stereocenters. The molecule has 2 aromatic carbocycles. The highest BCUT2D eigenvalue weighted by molar-refractivity contribution is 7.99. The van der Waals surface area contributed by atoms with Gasteiger partial charge < -0.3 is 4.42 Å². The van der Waals surface area contributed by atoms with E-state index in [0.717, 1.165) is 17.8 Å². The summed E-state index contributed by atoms with van der Waals surface area (Å²) in [5.41, 5.74) is 5.60. The Kier molecular flexibility index (Phi) is 5.13. The van der Waals surface area contributed by atoms with Crippen LogP contribution in [0.15, 0.2) is 58.2 Å². The molecule has 2 amide bonds. The number of aromatic nitrogens is 1. The van der Waals surface area contributed by atoms with Gasteiger partial charge in [0.25, 0.3) is 16.8 Å². The minimum absolute atomic E-state index is 0.0258. The molecular formula is C16H12N4O5S. The summed E-state index contributed by atoms with van der Waals surface area (Å²) in [6, 6.07) is 12.4. The SMILES string of the molecule is O=C(CSc1nc2ccccc2o1)NNC(=O)c1cccc([N+](=O)[O-])c1. The predicted molar refractivity (Wildman–Crippen MR) is 93.4 cm³/mol. The first kappa shape index (κ1) is 17.4. The molecular weight excluding hydrogens is 360 g/mol. The minimum atomic E-state index is -0.658. The van der Waals surface area contributed by atoms with Gasteiger partial charge in [-0.3, -0.25) is 30.6 Å². The molecule has 1 aromatic heterocycles. The van der Waals surface area contributed by atoms with E-state index >= 15 is 0 Å². The van der Waals surface area contributed by atoms with Crippen LogP contribution in [0.5, 0.6) is 0 Å². The molecule has 0 aliphatic carbocycles. The normalized spacial score (nSPS) is 10.5. The number of thioether (sulfide) groups is 1. The molecule has 3 rings (SSSR count). The van der Waals surface area contributed by atoms with E-state index in [1.165, 1.54) is 18.2 Å². The standard InChI is InChI=1S/C16H12N4O5S/c21-14(9-26-16-17-12-6-1-2-7-13(12)25-16)18-19-15(22)10-4-3-5-11(8-10)20(23)24/h1-8H,9H2,(H,18,21)(H,19,22). The van der Waals surface area contributed by atoms with Crippen molar-refractivity contribution in [1.82, 2.24) is 15.8 Å². The lowest BCUT2D eigenvalue weighted by Gasteiger charge is -2.06. The summed E-state index contributed by atoms with van der Waals surface area (Å²) in [6.07, 6.45) is 0. The van der Waals surface area contributed by atoms with Crippen molar-refractivity contribution in [3.8, 4) is 0 Å². The van der Waals surface area contributed by atoms with E-state index in [1.54, 1.807) is 12.1 Å². The average molecular weight is 372 g/mol. The number of non-ortho nitro benzene ring substituents is 1. The second-order valence-electron chi connectivity index (χ2n) is 5.05. The number of hydrogen-bond donors (Lipinski definition) is 2. The molecule has 10 heteroatoms. The minimum Gasteiger partial charge on any atom is -0.431 e. The van der Waals surface area contributed by atoms with E-state index in [2.05, 4.69) is 15.8 Å². The lowest BCUT2D eigenvalue weighted by molar-refractivity contribution is -0.384. The van der Waals surface area contributed by atoms with Crippen LogP contribution in [0.25, 0.3) is 11.1 Å². The Morgan fingerprint density at radius 3 is 2.73 bits per heavy atom. The van der Waals surface area contributed by atoms with Gasteiger partial charge in [0.15, 0.2) is 5.58 Å². The quantitative estimate of drug-likeness (QED) is 0.399. The molecule has 2 N–H and O–H groups in total. The largest absolute Gasteiger partial charge is 0.431 e. The molecule has 0 saturated carbocycles. The molecule has 3 aromatic rings. The molecule has 0 radical (unpaired) electrons. The van der Waals surface area contributed by atoms with Gasteiger partial charge in [-0.25, -0.2) is 4.98 Å². The van der Waals surface area contributed by atoms with Crippen LogP contribution in [0.3, 0.4) is 0 Å². The number of fused-ring (bicyclic) bond motifs is 1. The van der Waals surface area contributed by atoms with E-state index in [-0.39, 0.29) is 17.0 Å². The molecule has 0 saturated heterocycles. The van der Waals surface area contributed by atoms with Gasteiger partial charge in [0, 0.05) is 17.7 Å². The molecule has 1 heterocycles. The van der Waals surface area contributed by atoms with Crippen molar-refractivity contribution in [2.45, 2.75) is 5.22 Å².